The minimum atomic E-state index is -0.731. The van der Waals surface area contributed by atoms with E-state index in [1.165, 1.54) is 0 Å². The molecule has 1 saturated heterocycles. The van der Waals surface area contributed by atoms with Crippen LogP contribution in [0.25, 0.3) is 0 Å². The zero-order valence-corrected chi connectivity index (χ0v) is 6.27. The van der Waals surface area contributed by atoms with Crippen LogP contribution < -0.4 is 0 Å². The summed E-state index contributed by atoms with van der Waals surface area (Å²) in [7, 11) is 0. The molecule has 2 bridgehead atoms. The first-order valence-corrected chi connectivity index (χ1v) is 4.12. The van der Waals surface area contributed by atoms with Crippen LogP contribution in [0, 0.1) is 17.8 Å². The fraction of sp³-hybridized carbons (Fsp3) is 0.750. The highest BCUT2D eigenvalue weighted by Crippen LogP contribution is 2.51. The highest BCUT2D eigenvalue weighted by molar-refractivity contribution is 5.97. The summed E-state index contributed by atoms with van der Waals surface area (Å²) < 4.78 is 4.91. The van der Waals surface area contributed by atoms with Gasteiger partial charge in [0.25, 0.3) is 0 Å². The number of ketones is 1. The predicted octanol–water partition coefficient (Wildman–Crippen LogP) is -0.892. The van der Waals surface area contributed by atoms with Crippen molar-refractivity contribution in [3.05, 3.63) is 0 Å². The maximum Gasteiger partial charge on any atom is 0.310 e. The Morgan fingerprint density at radius 2 is 2.08 bits per heavy atom. The number of fused-ring (bicyclic) bond motifs is 1. The summed E-state index contributed by atoms with van der Waals surface area (Å²) in [6.45, 7) is 0. The molecule has 5 unspecified atom stereocenters. The highest BCUT2D eigenvalue weighted by atomic mass is 16.6. The van der Waals surface area contributed by atoms with Crippen LogP contribution in [-0.2, 0) is 14.3 Å². The summed E-state index contributed by atoms with van der Waals surface area (Å²) in [6.07, 6.45) is -0.751. The average molecular weight is 168 g/mol. The molecule has 0 aromatic carbocycles. The minimum absolute atomic E-state index is 0.0309. The van der Waals surface area contributed by atoms with E-state index in [0.717, 1.165) is 0 Å². The van der Waals surface area contributed by atoms with E-state index in [1.807, 2.05) is 0 Å². The number of carbonyl (C=O) groups is 2. The van der Waals surface area contributed by atoms with Crippen LogP contribution in [0.1, 0.15) is 6.42 Å². The summed E-state index contributed by atoms with van der Waals surface area (Å²) in [5.41, 5.74) is 0. The van der Waals surface area contributed by atoms with E-state index < -0.39 is 12.2 Å². The summed E-state index contributed by atoms with van der Waals surface area (Å²) in [4.78, 5) is 22.5. The lowest BCUT2D eigenvalue weighted by Gasteiger charge is -2.17. The third-order valence-corrected chi connectivity index (χ3v) is 3.29. The number of aliphatic hydroxyl groups excluding tert-OH is 1. The zero-order chi connectivity index (χ0) is 8.46. The third kappa shape index (κ3) is 0.485. The van der Waals surface area contributed by atoms with Crippen molar-refractivity contribution in [2.45, 2.75) is 18.6 Å². The Labute approximate surface area is 68.5 Å². The smallest absolute Gasteiger partial charge is 0.310 e. The highest BCUT2D eigenvalue weighted by Gasteiger charge is 2.66. The van der Waals surface area contributed by atoms with Gasteiger partial charge in [0.15, 0.2) is 0 Å². The lowest BCUT2D eigenvalue weighted by atomic mass is 9.88. The van der Waals surface area contributed by atoms with Crippen molar-refractivity contribution in [1.82, 2.24) is 0 Å². The quantitative estimate of drug-likeness (QED) is 0.476. The normalized spacial score (nSPS) is 54.9. The van der Waals surface area contributed by atoms with E-state index in [0.29, 0.717) is 6.42 Å². The molecule has 0 aromatic heterocycles. The Bertz CT molecular complexity index is 285. The number of hydrogen-bond acceptors (Lipinski definition) is 4. The van der Waals surface area contributed by atoms with E-state index in [1.54, 1.807) is 0 Å². The SMILES string of the molecule is O=C1OC2C(O)C3CC1C2C3=O. The molecule has 64 valence electrons. The minimum Gasteiger partial charge on any atom is -0.459 e. The molecule has 5 atom stereocenters. The van der Waals surface area contributed by atoms with Crippen LogP contribution in [0.4, 0.5) is 0 Å². The maximum absolute atomic E-state index is 11.4. The predicted molar refractivity (Wildman–Crippen MR) is 36.0 cm³/mol. The maximum atomic E-state index is 11.4. The first-order chi connectivity index (χ1) is 5.70. The first kappa shape index (κ1) is 6.60. The second-order valence-electron chi connectivity index (χ2n) is 3.77. The standard InChI is InChI=1S/C8H8O4/c9-5-3-1-2-4(5)7(6(3)10)12-8(2)11/h2-4,6-7,10H,1H2. The Balaban J connectivity index is 2.11. The molecule has 0 aromatic rings. The second kappa shape index (κ2) is 1.71. The summed E-state index contributed by atoms with van der Waals surface area (Å²) in [5, 5.41) is 9.50. The van der Waals surface area contributed by atoms with E-state index in [9.17, 15) is 14.7 Å². The molecule has 0 amide bonds. The molecule has 1 N–H and O–H groups in total. The molecule has 2 aliphatic carbocycles. The molecule has 3 aliphatic rings. The molecule has 0 radical (unpaired) electrons. The molecule has 4 nitrogen and oxygen atoms in total. The van der Waals surface area contributed by atoms with Gasteiger partial charge in [-0.3, -0.25) is 9.59 Å². The Morgan fingerprint density at radius 3 is 2.67 bits per heavy atom. The number of esters is 1. The van der Waals surface area contributed by atoms with E-state index >= 15 is 0 Å². The van der Waals surface area contributed by atoms with Crippen molar-refractivity contribution in [2.75, 3.05) is 0 Å². The van der Waals surface area contributed by atoms with Gasteiger partial charge in [0.2, 0.25) is 0 Å². The van der Waals surface area contributed by atoms with Gasteiger partial charge in [-0.05, 0) is 6.42 Å². The van der Waals surface area contributed by atoms with Gasteiger partial charge in [0, 0.05) is 5.92 Å². The van der Waals surface area contributed by atoms with Crippen LogP contribution in [0.5, 0.6) is 0 Å². The third-order valence-electron chi connectivity index (χ3n) is 3.29. The number of aliphatic hydroxyl groups is 1. The molecule has 1 aliphatic heterocycles. The molecule has 12 heavy (non-hydrogen) atoms. The number of rotatable bonds is 0. The number of carbonyl (C=O) groups excluding carboxylic acids is 2. The first-order valence-electron chi connectivity index (χ1n) is 4.12. The van der Waals surface area contributed by atoms with Crippen molar-refractivity contribution < 1.29 is 19.4 Å². The lowest BCUT2D eigenvalue weighted by molar-refractivity contribution is -0.145. The fourth-order valence-corrected chi connectivity index (χ4v) is 2.73. The molecule has 4 heteroatoms. The number of ether oxygens (including phenoxy) is 1. The van der Waals surface area contributed by atoms with Crippen molar-refractivity contribution in [3.8, 4) is 0 Å². The Morgan fingerprint density at radius 1 is 1.33 bits per heavy atom. The number of Topliss-reactive ketones (excluding diaryl/α,β-unsaturated/α-hetero) is 1. The van der Waals surface area contributed by atoms with E-state index in [-0.39, 0.29) is 29.5 Å². The van der Waals surface area contributed by atoms with Crippen LogP contribution in [-0.4, -0.2) is 29.1 Å². The van der Waals surface area contributed by atoms with Gasteiger partial charge in [0.1, 0.15) is 18.0 Å². The monoisotopic (exact) mass is 168 g/mol. The van der Waals surface area contributed by atoms with Crippen LogP contribution in [0.3, 0.4) is 0 Å². The molecule has 3 rings (SSSR count). The second-order valence-corrected chi connectivity index (χ2v) is 3.77. The van der Waals surface area contributed by atoms with E-state index in [2.05, 4.69) is 0 Å². The molecule has 2 saturated carbocycles. The van der Waals surface area contributed by atoms with Gasteiger partial charge in [-0.15, -0.1) is 0 Å². The topological polar surface area (TPSA) is 63.6 Å². The van der Waals surface area contributed by atoms with Gasteiger partial charge < -0.3 is 9.84 Å². The molecule has 3 fully saturated rings. The van der Waals surface area contributed by atoms with Crippen molar-refractivity contribution in [3.63, 3.8) is 0 Å². The van der Waals surface area contributed by atoms with Gasteiger partial charge in [-0.2, -0.15) is 0 Å². The molecular formula is C8H8O4. The molecule has 0 spiro atoms. The van der Waals surface area contributed by atoms with Crippen molar-refractivity contribution >= 4 is 11.8 Å². The molecule has 1 heterocycles. The zero-order valence-electron chi connectivity index (χ0n) is 6.27. The summed E-state index contributed by atoms with van der Waals surface area (Å²) in [5.74, 6) is -1.15. The van der Waals surface area contributed by atoms with Gasteiger partial charge in [-0.1, -0.05) is 0 Å². The summed E-state index contributed by atoms with van der Waals surface area (Å²) >= 11 is 0. The summed E-state index contributed by atoms with van der Waals surface area (Å²) in [6, 6.07) is 0. The largest absolute Gasteiger partial charge is 0.459 e. The van der Waals surface area contributed by atoms with Crippen LogP contribution in [0.15, 0.2) is 0 Å². The molecular weight excluding hydrogens is 160 g/mol. The van der Waals surface area contributed by atoms with Gasteiger partial charge in [0.05, 0.1) is 11.8 Å². The van der Waals surface area contributed by atoms with Crippen molar-refractivity contribution in [2.24, 2.45) is 17.8 Å². The van der Waals surface area contributed by atoms with E-state index in [4.69, 9.17) is 4.74 Å². The number of hydrogen-bond donors (Lipinski definition) is 1. The van der Waals surface area contributed by atoms with Gasteiger partial charge >= 0.3 is 5.97 Å². The van der Waals surface area contributed by atoms with Gasteiger partial charge in [-0.25, -0.2) is 0 Å². The van der Waals surface area contributed by atoms with Crippen molar-refractivity contribution in [1.29, 1.82) is 0 Å². The van der Waals surface area contributed by atoms with Crippen LogP contribution >= 0.6 is 0 Å². The lowest BCUT2D eigenvalue weighted by Crippen LogP contribution is -2.31. The fourth-order valence-electron chi connectivity index (χ4n) is 2.73. The Kier molecular flexibility index (Phi) is 0.942. The van der Waals surface area contributed by atoms with Crippen LogP contribution in [0.2, 0.25) is 0 Å². The Hall–Kier alpha value is -0.900. The average Bonchev–Trinajstić information content (AvgIpc) is 2.55.